The second-order valence-electron chi connectivity index (χ2n) is 10.6. The zero-order valence-corrected chi connectivity index (χ0v) is 24.9. The molecule has 1 aromatic heterocycles. The number of ether oxygens (including phenoxy) is 4. The third-order valence-electron chi connectivity index (χ3n) is 7.36. The molecule has 0 radical (unpaired) electrons. The van der Waals surface area contributed by atoms with E-state index in [0.717, 1.165) is 5.39 Å². The summed E-state index contributed by atoms with van der Waals surface area (Å²) in [6.07, 6.45) is -3.23. The summed E-state index contributed by atoms with van der Waals surface area (Å²) in [6.45, 7) is 4.52. The first-order chi connectivity index (χ1) is 19.7. The molecule has 10 nitrogen and oxygen atoms in total. The molecule has 0 spiro atoms. The monoisotopic (exact) mass is 615 g/mol. The van der Waals surface area contributed by atoms with Gasteiger partial charge in [0, 0.05) is 25.4 Å². The third-order valence-corrected chi connectivity index (χ3v) is 8.08. The van der Waals surface area contributed by atoms with Gasteiger partial charge in [0.25, 0.3) is 0 Å². The maximum absolute atomic E-state index is 14.1. The number of carboxylic acid groups (broad SMARTS) is 1. The van der Waals surface area contributed by atoms with Gasteiger partial charge in [0.15, 0.2) is 12.2 Å². The Balaban J connectivity index is 1.84. The van der Waals surface area contributed by atoms with Crippen LogP contribution >= 0.6 is 23.2 Å². The van der Waals surface area contributed by atoms with Crippen molar-refractivity contribution in [3.8, 4) is 11.5 Å². The molecule has 0 saturated heterocycles. The van der Waals surface area contributed by atoms with E-state index in [1.165, 1.54) is 14.0 Å². The number of aryl methyl sites for hydroxylation is 1. The van der Waals surface area contributed by atoms with Gasteiger partial charge in [-0.1, -0.05) is 23.2 Å². The van der Waals surface area contributed by atoms with Gasteiger partial charge in [-0.25, -0.2) is 0 Å². The minimum absolute atomic E-state index is 0.196. The molecule has 2 atom stereocenters. The summed E-state index contributed by atoms with van der Waals surface area (Å²) in [7, 11) is 3.17. The maximum Gasteiger partial charge on any atom is 0.306 e. The van der Waals surface area contributed by atoms with Gasteiger partial charge in [0.1, 0.15) is 17.1 Å². The van der Waals surface area contributed by atoms with Crippen LogP contribution in [0.2, 0.25) is 10.0 Å². The Bertz CT molecular complexity index is 1880. The number of carbonyl (C=O) groups is 3. The van der Waals surface area contributed by atoms with E-state index >= 15 is 0 Å². The van der Waals surface area contributed by atoms with E-state index in [-0.39, 0.29) is 22.3 Å². The number of nitrogens with zero attached hydrogens (tertiary/aromatic N) is 1. The molecule has 0 saturated carbocycles. The van der Waals surface area contributed by atoms with E-state index in [2.05, 4.69) is 0 Å². The molecular formula is C30H27Cl2NO9. The highest BCUT2D eigenvalue weighted by Gasteiger charge is 2.50. The molecule has 0 unspecified atom stereocenters. The molecule has 5 rings (SSSR count). The van der Waals surface area contributed by atoms with Crippen LogP contribution in [-0.2, 0) is 30.9 Å². The summed E-state index contributed by atoms with van der Waals surface area (Å²) in [5, 5.41) is 11.7. The molecule has 0 fully saturated rings. The minimum Gasteiger partial charge on any atom is -0.496 e. The fraction of sp³-hybridized carbons (Fsp3) is 0.333. The Kier molecular flexibility index (Phi) is 7.49. The molecule has 0 amide bonds. The fourth-order valence-corrected chi connectivity index (χ4v) is 5.84. The molecule has 0 aliphatic carbocycles. The first kappa shape index (κ1) is 29.5. The van der Waals surface area contributed by atoms with Crippen LogP contribution in [0, 0.1) is 0 Å². The van der Waals surface area contributed by atoms with E-state index in [1.54, 1.807) is 55.8 Å². The standard InChI is InChI=1S/C30H27Cl2NO9/c1-13(34)40-28-25-21(42-30(2,3)29(28)41-23(37)7-6-22(35)36)12-20(39-5)24-26(25)33(4)19-11-15-10-18(32)17(31)9-14(15)8-16(19)27(24)38/h8-12,28-29H,6-7H2,1-5H3,(H,35,36)/t28-,29-/m0/s1. The Hall–Kier alpha value is -4.02. The van der Waals surface area contributed by atoms with Crippen molar-refractivity contribution in [2.24, 2.45) is 7.05 Å². The van der Waals surface area contributed by atoms with Crippen LogP contribution in [0.4, 0.5) is 0 Å². The first-order valence-corrected chi connectivity index (χ1v) is 13.7. The number of carbonyl (C=O) groups excluding carboxylic acids is 2. The highest BCUT2D eigenvalue weighted by Crippen LogP contribution is 2.49. The molecule has 4 aromatic rings. The van der Waals surface area contributed by atoms with Gasteiger partial charge < -0.3 is 28.6 Å². The van der Waals surface area contributed by atoms with Crippen molar-refractivity contribution < 1.29 is 38.4 Å². The van der Waals surface area contributed by atoms with Crippen LogP contribution in [0.25, 0.3) is 32.6 Å². The molecule has 1 aliphatic heterocycles. The van der Waals surface area contributed by atoms with Gasteiger partial charge in [0.05, 0.1) is 52.0 Å². The van der Waals surface area contributed by atoms with E-state index in [0.29, 0.717) is 37.4 Å². The van der Waals surface area contributed by atoms with Gasteiger partial charge in [-0.05, 0) is 48.9 Å². The summed E-state index contributed by atoms with van der Waals surface area (Å²) < 4.78 is 25.2. The zero-order chi connectivity index (χ0) is 30.7. The number of hydrogen-bond acceptors (Lipinski definition) is 8. The normalized spacial score (nSPS) is 17.5. The van der Waals surface area contributed by atoms with Crippen LogP contribution < -0.4 is 14.9 Å². The SMILES string of the molecule is COc1cc2c(c3c1c(=O)c1cc4cc(Cl)c(Cl)cc4cc1n3C)[C@H](OC(C)=O)[C@H](OC(=O)CCC(=O)O)C(C)(C)O2. The number of hydrogen-bond donors (Lipinski definition) is 1. The molecular weight excluding hydrogens is 589 g/mol. The van der Waals surface area contributed by atoms with Crippen molar-refractivity contribution in [1.29, 1.82) is 0 Å². The smallest absolute Gasteiger partial charge is 0.306 e. The zero-order valence-electron chi connectivity index (χ0n) is 23.4. The van der Waals surface area contributed by atoms with Gasteiger partial charge in [0.2, 0.25) is 5.43 Å². The molecule has 220 valence electrons. The van der Waals surface area contributed by atoms with Crippen molar-refractivity contribution >= 4 is 73.7 Å². The average molecular weight is 616 g/mol. The van der Waals surface area contributed by atoms with E-state index in [1.807, 2.05) is 0 Å². The Morgan fingerprint density at radius 2 is 1.67 bits per heavy atom. The molecule has 3 aromatic carbocycles. The van der Waals surface area contributed by atoms with Crippen LogP contribution in [0.1, 0.15) is 45.3 Å². The number of aliphatic carboxylic acids is 1. The summed E-state index contributed by atoms with van der Waals surface area (Å²) in [5.41, 5.74) is -0.406. The number of rotatable bonds is 6. The lowest BCUT2D eigenvalue weighted by atomic mass is 9.86. The van der Waals surface area contributed by atoms with Crippen molar-refractivity contribution in [2.75, 3.05) is 7.11 Å². The van der Waals surface area contributed by atoms with E-state index in [4.69, 9.17) is 47.3 Å². The lowest BCUT2D eigenvalue weighted by molar-refractivity contribution is -0.189. The molecule has 42 heavy (non-hydrogen) atoms. The largest absolute Gasteiger partial charge is 0.496 e. The second-order valence-corrected chi connectivity index (χ2v) is 11.4. The van der Waals surface area contributed by atoms with Crippen molar-refractivity contribution in [2.45, 2.75) is 51.4 Å². The van der Waals surface area contributed by atoms with Gasteiger partial charge in [-0.15, -0.1) is 0 Å². The Morgan fingerprint density at radius 3 is 2.26 bits per heavy atom. The predicted octanol–water partition coefficient (Wildman–Crippen LogP) is 5.71. The number of halogens is 2. The number of benzene rings is 3. The topological polar surface area (TPSA) is 130 Å². The third kappa shape index (κ3) is 4.98. The first-order valence-electron chi connectivity index (χ1n) is 13.0. The van der Waals surface area contributed by atoms with Gasteiger partial charge in [-0.2, -0.15) is 0 Å². The number of fused-ring (bicyclic) bond motifs is 5. The number of methoxy groups -OCH3 is 1. The van der Waals surface area contributed by atoms with Crippen LogP contribution in [0.15, 0.2) is 35.1 Å². The summed E-state index contributed by atoms with van der Waals surface area (Å²) in [5.74, 6) is -2.14. The molecule has 1 N–H and O–H groups in total. The quantitative estimate of drug-likeness (QED) is 0.214. The van der Waals surface area contributed by atoms with Crippen LogP contribution in [0.3, 0.4) is 0 Å². The number of carboxylic acids is 1. The van der Waals surface area contributed by atoms with Gasteiger partial charge >= 0.3 is 17.9 Å². The summed E-state index contributed by atoms with van der Waals surface area (Å²) in [4.78, 5) is 50.3. The maximum atomic E-state index is 14.1. The predicted molar refractivity (Wildman–Crippen MR) is 157 cm³/mol. The lowest BCUT2D eigenvalue weighted by Crippen LogP contribution is -2.52. The van der Waals surface area contributed by atoms with E-state index < -0.39 is 48.6 Å². The van der Waals surface area contributed by atoms with Gasteiger partial charge in [-0.3, -0.25) is 19.2 Å². The van der Waals surface area contributed by atoms with Crippen molar-refractivity contribution in [3.63, 3.8) is 0 Å². The molecule has 0 bridgehead atoms. The van der Waals surface area contributed by atoms with Crippen molar-refractivity contribution in [3.05, 3.63) is 56.2 Å². The Labute approximate surface area is 249 Å². The van der Waals surface area contributed by atoms with Crippen molar-refractivity contribution in [1.82, 2.24) is 4.57 Å². The number of esters is 2. The molecule has 1 aliphatic rings. The molecule has 2 heterocycles. The average Bonchev–Trinajstić information content (AvgIpc) is 2.90. The molecule has 12 heteroatoms. The number of pyridine rings is 1. The summed E-state index contributed by atoms with van der Waals surface area (Å²) >= 11 is 12.5. The fourth-order valence-electron chi connectivity index (χ4n) is 5.49. The summed E-state index contributed by atoms with van der Waals surface area (Å²) in [6, 6.07) is 8.46. The second kappa shape index (κ2) is 10.7. The Morgan fingerprint density at radius 1 is 1.02 bits per heavy atom. The number of aromatic nitrogens is 1. The highest BCUT2D eigenvalue weighted by molar-refractivity contribution is 6.42. The van der Waals surface area contributed by atoms with Crippen LogP contribution in [-0.4, -0.2) is 46.4 Å². The highest BCUT2D eigenvalue weighted by atomic mass is 35.5. The lowest BCUT2D eigenvalue weighted by Gasteiger charge is -2.43. The van der Waals surface area contributed by atoms with Crippen LogP contribution in [0.5, 0.6) is 11.5 Å². The van der Waals surface area contributed by atoms with E-state index in [9.17, 15) is 19.2 Å². The minimum atomic E-state index is -1.23.